The van der Waals surface area contributed by atoms with Gasteiger partial charge in [0.2, 0.25) is 0 Å². The molecule has 7 heteroatoms. The van der Waals surface area contributed by atoms with E-state index in [0.717, 1.165) is 33.2 Å². The Bertz CT molecular complexity index is 546. The molecule has 5 nitrogen and oxygen atoms in total. The van der Waals surface area contributed by atoms with E-state index in [9.17, 15) is 0 Å². The van der Waals surface area contributed by atoms with Crippen LogP contribution in [0.1, 0.15) is 17.6 Å². The van der Waals surface area contributed by atoms with Gasteiger partial charge in [0.25, 0.3) is 0 Å². The average molecular weight is 343 g/mol. The van der Waals surface area contributed by atoms with Gasteiger partial charge in [0.1, 0.15) is 11.5 Å². The third-order valence-corrected chi connectivity index (χ3v) is 4.00. The summed E-state index contributed by atoms with van der Waals surface area (Å²) in [5.41, 5.74) is 1.61. The van der Waals surface area contributed by atoms with E-state index < -0.39 is 0 Å². The first-order valence-corrected chi connectivity index (χ1v) is 7.54. The molecule has 0 spiro atoms. The van der Waals surface area contributed by atoms with Crippen molar-refractivity contribution in [3.63, 3.8) is 0 Å². The van der Waals surface area contributed by atoms with Gasteiger partial charge in [0, 0.05) is 19.0 Å². The molecule has 0 unspecified atom stereocenters. The Morgan fingerprint density at radius 3 is 2.74 bits per heavy atom. The highest BCUT2D eigenvalue weighted by molar-refractivity contribution is 9.10. The number of nitrogens with one attached hydrogen (secondary N) is 1. The number of hydrogen-bond acceptors (Lipinski definition) is 6. The number of aromatic nitrogens is 3. The number of nitrogens with zero attached hydrogens (tertiary/aromatic N) is 3. The predicted octanol–water partition coefficient (Wildman–Crippen LogP) is 3.25. The van der Waals surface area contributed by atoms with Gasteiger partial charge in [0.15, 0.2) is 5.82 Å². The van der Waals surface area contributed by atoms with Crippen molar-refractivity contribution in [3.8, 4) is 11.5 Å². The first-order chi connectivity index (χ1) is 9.15. The average Bonchev–Trinajstić information content (AvgIpc) is 2.81. The summed E-state index contributed by atoms with van der Waals surface area (Å²) in [5.74, 6) is 1.39. The van der Waals surface area contributed by atoms with Gasteiger partial charge >= 0.3 is 0 Å². The zero-order valence-electron chi connectivity index (χ0n) is 11.0. The molecule has 0 aromatic carbocycles. The molecule has 0 fully saturated rings. The molecule has 2 aromatic rings. The number of thiazole rings is 1. The summed E-state index contributed by atoms with van der Waals surface area (Å²) < 4.78 is 6.01. The van der Waals surface area contributed by atoms with Crippen molar-refractivity contribution in [2.45, 2.75) is 20.5 Å². The highest BCUT2D eigenvalue weighted by Gasteiger charge is 2.14. The summed E-state index contributed by atoms with van der Waals surface area (Å²) in [6.45, 7) is 5.21. The Morgan fingerprint density at radius 2 is 2.16 bits per heavy atom. The van der Waals surface area contributed by atoms with Gasteiger partial charge in [0.05, 0.1) is 21.8 Å². The van der Waals surface area contributed by atoms with E-state index in [1.54, 1.807) is 18.4 Å². The first kappa shape index (κ1) is 14.4. The van der Waals surface area contributed by atoms with Gasteiger partial charge in [-0.2, -0.15) is 0 Å². The number of hydrogen-bond donors (Lipinski definition) is 1. The van der Waals surface area contributed by atoms with Crippen LogP contribution >= 0.6 is 27.3 Å². The predicted molar refractivity (Wildman–Crippen MR) is 80.5 cm³/mol. The Labute approximate surface area is 124 Å². The number of methoxy groups -OCH3 is 1. The number of anilines is 1. The molecule has 102 valence electrons. The molecule has 2 aromatic heterocycles. The summed E-state index contributed by atoms with van der Waals surface area (Å²) in [4.78, 5) is 13.4. The molecule has 0 aliphatic rings. The molecule has 0 radical (unpaired) electrons. The molecular weight excluding hydrogens is 328 g/mol. The highest BCUT2D eigenvalue weighted by atomic mass is 79.9. The number of rotatable bonds is 5. The van der Waals surface area contributed by atoms with Crippen LogP contribution in [0, 0.1) is 6.92 Å². The van der Waals surface area contributed by atoms with E-state index in [0.29, 0.717) is 12.4 Å². The molecule has 2 rings (SSSR count). The molecule has 0 atom stereocenters. The summed E-state index contributed by atoms with van der Waals surface area (Å²) in [7, 11) is 1.65. The maximum atomic E-state index is 5.17. The number of ether oxygens (including phenoxy) is 1. The second-order valence-electron chi connectivity index (χ2n) is 3.87. The van der Waals surface area contributed by atoms with Gasteiger partial charge in [-0.15, -0.1) is 11.3 Å². The summed E-state index contributed by atoms with van der Waals surface area (Å²) in [6.07, 6.45) is 0. The number of aryl methyl sites for hydroxylation is 1. The number of halogens is 1. The summed E-state index contributed by atoms with van der Waals surface area (Å²) in [5, 5.41) is 6.18. The van der Waals surface area contributed by atoms with Gasteiger partial charge in [-0.3, -0.25) is 0 Å². The molecule has 0 amide bonds. The lowest BCUT2D eigenvalue weighted by Gasteiger charge is -2.10. The van der Waals surface area contributed by atoms with Crippen molar-refractivity contribution < 1.29 is 4.74 Å². The molecular formula is C12H15BrN4OS. The Morgan fingerprint density at radius 1 is 1.37 bits per heavy atom. The second-order valence-corrected chi connectivity index (χ2v) is 5.73. The quantitative estimate of drug-likeness (QED) is 0.903. The fraction of sp³-hybridized carbons (Fsp3) is 0.417. The fourth-order valence-electron chi connectivity index (χ4n) is 1.59. The molecule has 0 aliphatic carbocycles. The Kier molecular flexibility index (Phi) is 4.84. The van der Waals surface area contributed by atoms with Crippen LogP contribution in [0.5, 0.6) is 0 Å². The maximum Gasteiger partial charge on any atom is 0.181 e. The second kappa shape index (κ2) is 6.40. The van der Waals surface area contributed by atoms with Crippen LogP contribution < -0.4 is 5.32 Å². The van der Waals surface area contributed by atoms with Crippen LogP contribution in [0.15, 0.2) is 9.85 Å². The molecule has 19 heavy (non-hydrogen) atoms. The molecule has 0 saturated heterocycles. The molecule has 0 saturated carbocycles. The zero-order valence-corrected chi connectivity index (χ0v) is 13.4. The topological polar surface area (TPSA) is 59.9 Å². The van der Waals surface area contributed by atoms with Gasteiger partial charge in [-0.25, -0.2) is 15.0 Å². The highest BCUT2D eigenvalue weighted by Crippen LogP contribution is 2.28. The monoisotopic (exact) mass is 342 g/mol. The minimum Gasteiger partial charge on any atom is -0.378 e. The van der Waals surface area contributed by atoms with Gasteiger partial charge in [-0.1, -0.05) is 0 Å². The van der Waals surface area contributed by atoms with Gasteiger partial charge in [-0.05, 0) is 29.8 Å². The van der Waals surface area contributed by atoms with E-state index in [1.165, 1.54) is 0 Å². The van der Waals surface area contributed by atoms with Crippen molar-refractivity contribution in [3.05, 3.63) is 20.6 Å². The van der Waals surface area contributed by atoms with Crippen LogP contribution in [0.4, 0.5) is 5.82 Å². The Hall–Kier alpha value is -1.05. The lowest BCUT2D eigenvalue weighted by Crippen LogP contribution is -2.07. The van der Waals surface area contributed by atoms with Crippen LogP contribution in [0.2, 0.25) is 0 Å². The zero-order chi connectivity index (χ0) is 13.8. The minimum atomic E-state index is 0.428. The van der Waals surface area contributed by atoms with Crippen LogP contribution in [-0.2, 0) is 11.3 Å². The normalized spacial score (nSPS) is 10.7. The first-order valence-electron chi connectivity index (χ1n) is 5.87. The molecule has 0 bridgehead atoms. The van der Waals surface area contributed by atoms with E-state index in [2.05, 4.69) is 36.2 Å². The van der Waals surface area contributed by atoms with Crippen molar-refractivity contribution in [2.75, 3.05) is 19.0 Å². The van der Waals surface area contributed by atoms with E-state index in [-0.39, 0.29) is 0 Å². The molecule has 0 aliphatic heterocycles. The van der Waals surface area contributed by atoms with Gasteiger partial charge < -0.3 is 10.1 Å². The summed E-state index contributed by atoms with van der Waals surface area (Å²) in [6, 6.07) is 0. The van der Waals surface area contributed by atoms with E-state index in [4.69, 9.17) is 4.74 Å². The lowest BCUT2D eigenvalue weighted by atomic mass is 10.3. The van der Waals surface area contributed by atoms with Crippen molar-refractivity contribution in [1.82, 2.24) is 15.0 Å². The lowest BCUT2D eigenvalue weighted by molar-refractivity contribution is 0.181. The van der Waals surface area contributed by atoms with E-state index >= 15 is 0 Å². The van der Waals surface area contributed by atoms with Crippen LogP contribution in [0.3, 0.4) is 0 Å². The van der Waals surface area contributed by atoms with Crippen LogP contribution in [-0.4, -0.2) is 28.6 Å². The standard InChI is InChI=1S/C12H15BrN4OS/c1-4-14-12-10(13)8(5-18-3)16-11(17-12)9-6-19-7(2)15-9/h6H,4-5H2,1-3H3,(H,14,16,17). The SMILES string of the molecule is CCNc1nc(-c2csc(C)n2)nc(COC)c1Br. The van der Waals surface area contributed by atoms with Crippen molar-refractivity contribution in [2.24, 2.45) is 0 Å². The summed E-state index contributed by atoms with van der Waals surface area (Å²) >= 11 is 5.10. The Balaban J connectivity index is 2.48. The largest absolute Gasteiger partial charge is 0.378 e. The molecule has 2 heterocycles. The minimum absolute atomic E-state index is 0.428. The van der Waals surface area contributed by atoms with Crippen molar-refractivity contribution in [1.29, 1.82) is 0 Å². The third-order valence-electron chi connectivity index (χ3n) is 2.39. The smallest absolute Gasteiger partial charge is 0.181 e. The maximum absolute atomic E-state index is 5.17. The van der Waals surface area contributed by atoms with E-state index in [1.807, 2.05) is 19.2 Å². The fourth-order valence-corrected chi connectivity index (χ4v) is 2.61. The third kappa shape index (κ3) is 3.29. The van der Waals surface area contributed by atoms with Crippen LogP contribution in [0.25, 0.3) is 11.5 Å². The molecule has 1 N–H and O–H groups in total. The van der Waals surface area contributed by atoms with Crippen molar-refractivity contribution >= 4 is 33.1 Å².